The van der Waals surface area contributed by atoms with Gasteiger partial charge in [0, 0.05) is 11.1 Å². The Morgan fingerprint density at radius 1 is 1.22 bits per heavy atom. The maximum Gasteiger partial charge on any atom is 0.421 e. The zero-order chi connectivity index (χ0) is 23.1. The predicted octanol–water partition coefficient (Wildman–Crippen LogP) is 5.80. The van der Waals surface area contributed by atoms with Gasteiger partial charge in [-0.05, 0) is 69.9 Å². The molecule has 2 aromatic rings. The van der Waals surface area contributed by atoms with Crippen LogP contribution < -0.4 is 4.90 Å². The van der Waals surface area contributed by atoms with E-state index in [1.807, 2.05) is 44.2 Å². The standard InChI is InChI=1S/C24H32N2O5S/c1-4-24(3,19-12-10-18(11-13-19)15-30-16-21(27)28)31-23(29)26(20-8-6-5-7-9-20)22-25-14-17(2)32-22/h5-9,14,18-19H,4,10-13,15-16H2,1-3H3,(H,27,28). The summed E-state index contributed by atoms with van der Waals surface area (Å²) in [7, 11) is 0. The van der Waals surface area contributed by atoms with E-state index in [2.05, 4.69) is 11.9 Å². The molecule has 1 aromatic carbocycles. The third-order valence-electron chi connectivity index (χ3n) is 6.31. The SMILES string of the molecule is CCC(C)(OC(=O)N(c1ccccc1)c1ncc(C)s1)C1CCC(COCC(=O)O)CC1. The third-order valence-corrected chi connectivity index (χ3v) is 7.21. The lowest BCUT2D eigenvalue weighted by Crippen LogP contribution is -2.44. The van der Waals surface area contributed by atoms with Crippen LogP contribution in [0.3, 0.4) is 0 Å². The minimum absolute atomic E-state index is 0.239. The molecule has 0 radical (unpaired) electrons. The summed E-state index contributed by atoms with van der Waals surface area (Å²) in [6.07, 6.45) is 5.76. The minimum Gasteiger partial charge on any atom is -0.480 e. The highest BCUT2D eigenvalue weighted by Crippen LogP contribution is 2.40. The summed E-state index contributed by atoms with van der Waals surface area (Å²) in [4.78, 5) is 31.1. The van der Waals surface area contributed by atoms with E-state index in [1.165, 1.54) is 11.3 Å². The van der Waals surface area contributed by atoms with E-state index in [4.69, 9.17) is 14.6 Å². The Labute approximate surface area is 193 Å². The van der Waals surface area contributed by atoms with Crippen LogP contribution in [0.1, 0.15) is 50.8 Å². The number of benzene rings is 1. The van der Waals surface area contributed by atoms with Crippen molar-refractivity contribution in [2.45, 2.75) is 58.5 Å². The highest BCUT2D eigenvalue weighted by Gasteiger charge is 2.40. The number of anilines is 2. The molecule has 0 spiro atoms. The molecule has 0 saturated heterocycles. The average Bonchev–Trinajstić information content (AvgIpc) is 3.20. The lowest BCUT2D eigenvalue weighted by molar-refractivity contribution is -0.142. The zero-order valence-electron chi connectivity index (χ0n) is 19.0. The van der Waals surface area contributed by atoms with Crippen molar-refractivity contribution in [2.24, 2.45) is 11.8 Å². The highest BCUT2D eigenvalue weighted by atomic mass is 32.1. The number of thiazole rings is 1. The van der Waals surface area contributed by atoms with Gasteiger partial charge in [0.25, 0.3) is 0 Å². The fourth-order valence-corrected chi connectivity index (χ4v) is 5.03. The van der Waals surface area contributed by atoms with Gasteiger partial charge in [0.2, 0.25) is 0 Å². The number of hydrogen-bond acceptors (Lipinski definition) is 6. The van der Waals surface area contributed by atoms with Crippen LogP contribution >= 0.6 is 11.3 Å². The van der Waals surface area contributed by atoms with Gasteiger partial charge in [-0.15, -0.1) is 11.3 Å². The van der Waals surface area contributed by atoms with Gasteiger partial charge in [-0.1, -0.05) is 25.1 Å². The molecule has 1 amide bonds. The van der Waals surface area contributed by atoms with Gasteiger partial charge in [0.1, 0.15) is 12.2 Å². The molecule has 3 rings (SSSR count). The Hall–Kier alpha value is -2.45. The quantitative estimate of drug-likeness (QED) is 0.508. The maximum atomic E-state index is 13.4. The maximum absolute atomic E-state index is 13.4. The molecule has 7 nitrogen and oxygen atoms in total. The summed E-state index contributed by atoms with van der Waals surface area (Å²) in [6.45, 7) is 6.25. The number of aromatic nitrogens is 1. The summed E-state index contributed by atoms with van der Waals surface area (Å²) in [5.41, 5.74) is 0.133. The number of nitrogens with zero attached hydrogens (tertiary/aromatic N) is 2. The Morgan fingerprint density at radius 3 is 2.47 bits per heavy atom. The zero-order valence-corrected chi connectivity index (χ0v) is 19.8. The predicted molar refractivity (Wildman–Crippen MR) is 125 cm³/mol. The molecule has 8 heteroatoms. The molecule has 1 heterocycles. The number of aryl methyl sites for hydroxylation is 1. The van der Waals surface area contributed by atoms with Crippen molar-refractivity contribution in [3.8, 4) is 0 Å². The molecule has 1 fully saturated rings. The van der Waals surface area contributed by atoms with E-state index < -0.39 is 17.7 Å². The largest absolute Gasteiger partial charge is 0.480 e. The van der Waals surface area contributed by atoms with Crippen LogP contribution in [0.4, 0.5) is 15.6 Å². The number of para-hydroxylation sites is 1. The first kappa shape index (κ1) is 24.2. The van der Waals surface area contributed by atoms with Gasteiger partial charge in [0.05, 0.1) is 12.3 Å². The van der Waals surface area contributed by atoms with Crippen molar-refractivity contribution in [1.29, 1.82) is 0 Å². The summed E-state index contributed by atoms with van der Waals surface area (Å²) < 4.78 is 11.5. The second kappa shape index (κ2) is 10.9. The lowest BCUT2D eigenvalue weighted by Gasteiger charge is -2.41. The molecule has 174 valence electrons. The molecule has 0 bridgehead atoms. The Morgan fingerprint density at radius 2 is 1.91 bits per heavy atom. The molecule has 1 aromatic heterocycles. The smallest absolute Gasteiger partial charge is 0.421 e. The number of carboxylic acid groups (broad SMARTS) is 1. The summed E-state index contributed by atoms with van der Waals surface area (Å²) in [5.74, 6) is -0.355. The fraction of sp³-hybridized carbons (Fsp3) is 0.542. The van der Waals surface area contributed by atoms with Crippen molar-refractivity contribution in [1.82, 2.24) is 4.98 Å². The Bertz CT molecular complexity index is 895. The summed E-state index contributed by atoms with van der Waals surface area (Å²) in [6, 6.07) is 9.45. The van der Waals surface area contributed by atoms with Gasteiger partial charge >= 0.3 is 12.1 Å². The third kappa shape index (κ3) is 6.07. The van der Waals surface area contributed by atoms with Crippen LogP contribution in [0.15, 0.2) is 36.5 Å². The van der Waals surface area contributed by atoms with Crippen LogP contribution in [0.25, 0.3) is 0 Å². The van der Waals surface area contributed by atoms with Crippen molar-refractivity contribution < 1.29 is 24.2 Å². The minimum atomic E-state index is -0.942. The van der Waals surface area contributed by atoms with Crippen LogP contribution in [-0.2, 0) is 14.3 Å². The molecule has 32 heavy (non-hydrogen) atoms. The van der Waals surface area contributed by atoms with Gasteiger partial charge in [-0.2, -0.15) is 0 Å². The normalized spacial score (nSPS) is 20.3. The van der Waals surface area contributed by atoms with E-state index >= 15 is 0 Å². The number of aliphatic carboxylic acids is 1. The van der Waals surface area contributed by atoms with E-state index in [9.17, 15) is 9.59 Å². The van der Waals surface area contributed by atoms with Crippen LogP contribution in [0, 0.1) is 18.8 Å². The first-order chi connectivity index (χ1) is 15.3. The molecule has 1 N–H and O–H groups in total. The molecular formula is C24H32N2O5S. The summed E-state index contributed by atoms with van der Waals surface area (Å²) in [5, 5.41) is 9.33. The fourth-order valence-electron chi connectivity index (χ4n) is 4.26. The van der Waals surface area contributed by atoms with E-state index in [0.29, 0.717) is 24.1 Å². The van der Waals surface area contributed by atoms with Crippen LogP contribution in [-0.4, -0.2) is 41.0 Å². The number of carboxylic acids is 1. The average molecular weight is 461 g/mol. The highest BCUT2D eigenvalue weighted by molar-refractivity contribution is 7.15. The van der Waals surface area contributed by atoms with E-state index in [1.54, 1.807) is 11.1 Å². The molecule has 1 unspecified atom stereocenters. The van der Waals surface area contributed by atoms with Gasteiger partial charge in [0.15, 0.2) is 5.13 Å². The topological polar surface area (TPSA) is 89.0 Å². The van der Waals surface area contributed by atoms with Crippen LogP contribution in [0.2, 0.25) is 0 Å². The number of carbonyl (C=O) groups is 2. The first-order valence-electron chi connectivity index (χ1n) is 11.1. The number of carbonyl (C=O) groups excluding carboxylic acids is 1. The second-order valence-corrected chi connectivity index (χ2v) is 9.80. The van der Waals surface area contributed by atoms with Crippen molar-refractivity contribution >= 4 is 34.2 Å². The van der Waals surface area contributed by atoms with E-state index in [-0.39, 0.29) is 12.5 Å². The molecular weight excluding hydrogens is 428 g/mol. The summed E-state index contributed by atoms with van der Waals surface area (Å²) >= 11 is 1.46. The molecule has 0 aliphatic heterocycles. The number of hydrogen-bond donors (Lipinski definition) is 1. The van der Waals surface area contributed by atoms with Crippen molar-refractivity contribution in [3.63, 3.8) is 0 Å². The molecule has 1 aliphatic carbocycles. The van der Waals surface area contributed by atoms with Gasteiger partial charge in [-0.25, -0.2) is 19.5 Å². The molecule has 1 atom stereocenters. The lowest BCUT2D eigenvalue weighted by atomic mass is 9.73. The molecule has 1 aliphatic rings. The number of ether oxygens (including phenoxy) is 2. The van der Waals surface area contributed by atoms with Crippen molar-refractivity contribution in [3.05, 3.63) is 41.4 Å². The molecule has 1 saturated carbocycles. The first-order valence-corrected chi connectivity index (χ1v) is 11.9. The number of amides is 1. The van der Waals surface area contributed by atoms with Crippen molar-refractivity contribution in [2.75, 3.05) is 18.1 Å². The Balaban J connectivity index is 1.68. The van der Waals surface area contributed by atoms with Crippen LogP contribution in [0.5, 0.6) is 0 Å². The van der Waals surface area contributed by atoms with Gasteiger partial charge in [-0.3, -0.25) is 0 Å². The van der Waals surface area contributed by atoms with E-state index in [0.717, 1.165) is 36.2 Å². The second-order valence-electron chi connectivity index (χ2n) is 8.59. The Kier molecular flexibility index (Phi) is 8.26. The number of rotatable bonds is 9. The van der Waals surface area contributed by atoms with Gasteiger partial charge < -0.3 is 14.6 Å². The monoisotopic (exact) mass is 460 g/mol.